The molecule has 0 atom stereocenters. The summed E-state index contributed by atoms with van der Waals surface area (Å²) in [7, 11) is 0. The third-order valence-electron chi connectivity index (χ3n) is 1.99. The number of thiophene rings is 1. The second-order valence-corrected chi connectivity index (χ2v) is 4.08. The van der Waals surface area contributed by atoms with E-state index in [0.29, 0.717) is 0 Å². The Balaban J connectivity index is 2.70. The highest BCUT2D eigenvalue weighted by molar-refractivity contribution is 7.19. The normalized spacial score (nSPS) is 10.9. The predicted molar refractivity (Wildman–Crippen MR) is 52.8 cm³/mol. The van der Waals surface area contributed by atoms with Crippen molar-refractivity contribution in [3.05, 3.63) is 28.9 Å². The summed E-state index contributed by atoms with van der Waals surface area (Å²) < 4.78 is 13.9. The SMILES string of the molecule is CCc1cc2cc(F)c(O)cc2s1. The molecule has 0 aliphatic rings. The molecular formula is C10H9FOS. The highest BCUT2D eigenvalue weighted by Crippen LogP contribution is 2.30. The van der Waals surface area contributed by atoms with Crippen molar-refractivity contribution < 1.29 is 9.50 Å². The van der Waals surface area contributed by atoms with Crippen LogP contribution >= 0.6 is 11.3 Å². The standard InChI is InChI=1S/C10H9FOS/c1-2-7-3-6-4-8(11)9(12)5-10(6)13-7/h3-5,12H,2H2,1H3. The lowest BCUT2D eigenvalue weighted by Gasteiger charge is -1.93. The van der Waals surface area contributed by atoms with Crippen molar-refractivity contribution in [2.75, 3.05) is 0 Å². The van der Waals surface area contributed by atoms with Crippen molar-refractivity contribution >= 4 is 21.4 Å². The lowest BCUT2D eigenvalue weighted by atomic mass is 10.2. The number of phenols is 1. The van der Waals surface area contributed by atoms with Gasteiger partial charge in [-0.15, -0.1) is 11.3 Å². The van der Waals surface area contributed by atoms with E-state index >= 15 is 0 Å². The summed E-state index contributed by atoms with van der Waals surface area (Å²) >= 11 is 1.59. The fourth-order valence-electron chi connectivity index (χ4n) is 1.28. The zero-order valence-corrected chi connectivity index (χ0v) is 7.99. The second-order valence-electron chi connectivity index (χ2n) is 2.91. The van der Waals surface area contributed by atoms with E-state index in [9.17, 15) is 4.39 Å². The summed E-state index contributed by atoms with van der Waals surface area (Å²) in [4.78, 5) is 1.21. The van der Waals surface area contributed by atoms with Gasteiger partial charge in [-0.2, -0.15) is 0 Å². The summed E-state index contributed by atoms with van der Waals surface area (Å²) in [6.07, 6.45) is 0.946. The molecule has 0 unspecified atom stereocenters. The van der Waals surface area contributed by atoms with Crippen LogP contribution in [0.1, 0.15) is 11.8 Å². The first kappa shape index (κ1) is 8.51. The molecule has 0 spiro atoms. The smallest absolute Gasteiger partial charge is 0.165 e. The van der Waals surface area contributed by atoms with Crippen LogP contribution < -0.4 is 0 Å². The van der Waals surface area contributed by atoms with E-state index in [-0.39, 0.29) is 5.75 Å². The molecule has 1 heterocycles. The van der Waals surface area contributed by atoms with Crippen molar-refractivity contribution in [2.45, 2.75) is 13.3 Å². The maximum Gasteiger partial charge on any atom is 0.165 e. The number of hydrogen-bond acceptors (Lipinski definition) is 2. The van der Waals surface area contributed by atoms with Crippen LogP contribution in [0.4, 0.5) is 4.39 Å². The van der Waals surface area contributed by atoms with Gasteiger partial charge in [0.25, 0.3) is 0 Å². The average Bonchev–Trinajstić information content (AvgIpc) is 2.48. The molecule has 0 radical (unpaired) electrons. The molecule has 1 aromatic carbocycles. The van der Waals surface area contributed by atoms with Gasteiger partial charge in [0.05, 0.1) is 0 Å². The number of aryl methyl sites for hydroxylation is 1. The molecule has 0 bridgehead atoms. The first-order chi connectivity index (χ1) is 6.20. The van der Waals surface area contributed by atoms with Crippen LogP contribution in [-0.4, -0.2) is 5.11 Å². The third kappa shape index (κ3) is 1.40. The Labute approximate surface area is 79.4 Å². The highest BCUT2D eigenvalue weighted by Gasteiger charge is 2.05. The molecule has 1 N–H and O–H groups in total. The van der Waals surface area contributed by atoms with Gasteiger partial charge in [-0.25, -0.2) is 4.39 Å². The number of hydrogen-bond donors (Lipinski definition) is 1. The number of aromatic hydroxyl groups is 1. The third-order valence-corrected chi connectivity index (χ3v) is 3.23. The van der Waals surface area contributed by atoms with Crippen molar-refractivity contribution in [3.8, 4) is 5.75 Å². The van der Waals surface area contributed by atoms with Gasteiger partial charge in [0, 0.05) is 15.6 Å². The number of benzene rings is 1. The minimum absolute atomic E-state index is 0.267. The topological polar surface area (TPSA) is 20.2 Å². The average molecular weight is 196 g/mol. The molecule has 0 fully saturated rings. The van der Waals surface area contributed by atoms with Crippen molar-refractivity contribution in [1.82, 2.24) is 0 Å². The van der Waals surface area contributed by atoms with Crippen molar-refractivity contribution in [1.29, 1.82) is 0 Å². The number of fused-ring (bicyclic) bond motifs is 1. The van der Waals surface area contributed by atoms with Gasteiger partial charge < -0.3 is 5.11 Å². The quantitative estimate of drug-likeness (QED) is 0.741. The first-order valence-electron chi connectivity index (χ1n) is 4.11. The Kier molecular flexibility index (Phi) is 1.96. The summed E-state index contributed by atoms with van der Waals surface area (Å²) in [6, 6.07) is 4.82. The fourth-order valence-corrected chi connectivity index (χ4v) is 2.30. The molecule has 0 saturated heterocycles. The number of rotatable bonds is 1. The van der Waals surface area contributed by atoms with E-state index in [1.165, 1.54) is 17.0 Å². The Morgan fingerprint density at radius 3 is 2.85 bits per heavy atom. The predicted octanol–water partition coefficient (Wildman–Crippen LogP) is 3.31. The molecule has 3 heteroatoms. The van der Waals surface area contributed by atoms with Crippen LogP contribution in [0.5, 0.6) is 5.75 Å². The van der Waals surface area contributed by atoms with Crippen LogP contribution in [0.15, 0.2) is 18.2 Å². The minimum atomic E-state index is -0.548. The monoisotopic (exact) mass is 196 g/mol. The molecule has 1 nitrogen and oxygen atoms in total. The highest BCUT2D eigenvalue weighted by atomic mass is 32.1. The zero-order chi connectivity index (χ0) is 9.42. The Morgan fingerprint density at radius 2 is 2.15 bits per heavy atom. The van der Waals surface area contributed by atoms with Crippen LogP contribution in [-0.2, 0) is 6.42 Å². The van der Waals surface area contributed by atoms with Gasteiger partial charge in [-0.1, -0.05) is 6.92 Å². The Hall–Kier alpha value is -1.09. The van der Waals surface area contributed by atoms with Gasteiger partial charge in [-0.05, 0) is 23.9 Å². The van der Waals surface area contributed by atoms with Crippen LogP contribution in [0.3, 0.4) is 0 Å². The fraction of sp³-hybridized carbons (Fsp3) is 0.200. The lowest BCUT2D eigenvalue weighted by molar-refractivity contribution is 0.434. The van der Waals surface area contributed by atoms with E-state index in [1.807, 2.05) is 6.07 Å². The molecule has 2 aromatic rings. The molecular weight excluding hydrogens is 187 g/mol. The molecule has 0 aliphatic heterocycles. The summed E-state index contributed by atoms with van der Waals surface area (Å²) in [6.45, 7) is 2.06. The van der Waals surface area contributed by atoms with E-state index < -0.39 is 5.82 Å². The van der Waals surface area contributed by atoms with Gasteiger partial charge in [-0.3, -0.25) is 0 Å². The Morgan fingerprint density at radius 1 is 1.38 bits per heavy atom. The Bertz CT molecular complexity index is 408. The second kappa shape index (κ2) is 3.00. The van der Waals surface area contributed by atoms with Crippen LogP contribution in [0, 0.1) is 5.82 Å². The van der Waals surface area contributed by atoms with Crippen molar-refractivity contribution in [3.63, 3.8) is 0 Å². The minimum Gasteiger partial charge on any atom is -0.505 e. The lowest BCUT2D eigenvalue weighted by Crippen LogP contribution is -1.73. The molecule has 1 aromatic heterocycles. The van der Waals surface area contributed by atoms with Gasteiger partial charge in [0.2, 0.25) is 0 Å². The van der Waals surface area contributed by atoms with Crippen molar-refractivity contribution in [2.24, 2.45) is 0 Å². The summed E-state index contributed by atoms with van der Waals surface area (Å²) in [5.41, 5.74) is 0. The number of halogens is 1. The maximum atomic E-state index is 12.9. The van der Waals surface area contributed by atoms with Gasteiger partial charge in [0.15, 0.2) is 11.6 Å². The molecule has 68 valence electrons. The first-order valence-corrected chi connectivity index (χ1v) is 4.93. The largest absolute Gasteiger partial charge is 0.505 e. The van der Waals surface area contributed by atoms with E-state index in [1.54, 1.807) is 11.3 Å². The molecule has 0 aliphatic carbocycles. The van der Waals surface area contributed by atoms with Gasteiger partial charge >= 0.3 is 0 Å². The molecule has 13 heavy (non-hydrogen) atoms. The van der Waals surface area contributed by atoms with Crippen LogP contribution in [0.25, 0.3) is 10.1 Å². The summed E-state index contributed by atoms with van der Waals surface area (Å²) in [5.74, 6) is -0.815. The summed E-state index contributed by atoms with van der Waals surface area (Å²) in [5, 5.41) is 10.0. The molecule has 0 saturated carbocycles. The zero-order valence-electron chi connectivity index (χ0n) is 7.17. The molecule has 2 rings (SSSR count). The van der Waals surface area contributed by atoms with E-state index in [0.717, 1.165) is 16.5 Å². The molecule has 0 amide bonds. The van der Waals surface area contributed by atoms with Crippen LogP contribution in [0.2, 0.25) is 0 Å². The van der Waals surface area contributed by atoms with E-state index in [2.05, 4.69) is 6.92 Å². The van der Waals surface area contributed by atoms with Gasteiger partial charge in [0.1, 0.15) is 0 Å². The number of phenolic OH excluding ortho intramolecular Hbond substituents is 1. The van der Waals surface area contributed by atoms with E-state index in [4.69, 9.17) is 5.11 Å². The maximum absolute atomic E-state index is 12.9.